The molecule has 0 aromatic rings. The second kappa shape index (κ2) is 6.70. The Balaban J connectivity index is 2.21. The summed E-state index contributed by atoms with van der Waals surface area (Å²) in [5, 5.41) is 4.34. The van der Waals surface area contributed by atoms with E-state index in [1.165, 1.54) is 39.0 Å². The van der Waals surface area contributed by atoms with Crippen molar-refractivity contribution in [2.75, 3.05) is 32.4 Å². The molecular weight excluding hydrogens is 192 g/mol. The maximum Gasteiger partial charge on any atom is 0.0166 e. The summed E-state index contributed by atoms with van der Waals surface area (Å²) in [4.78, 5) is 2.61. The van der Waals surface area contributed by atoms with Gasteiger partial charge in [0.15, 0.2) is 0 Å². The molecule has 3 heteroatoms. The highest BCUT2D eigenvalue weighted by atomic mass is 32.2. The minimum Gasteiger partial charge on any atom is -0.313 e. The molecule has 1 aliphatic rings. The first-order valence-corrected chi connectivity index (χ1v) is 6.99. The molecule has 0 saturated carbocycles. The first-order valence-electron chi connectivity index (χ1n) is 5.71. The van der Waals surface area contributed by atoms with E-state index in [0.717, 1.165) is 5.25 Å². The smallest absolute Gasteiger partial charge is 0.0166 e. The zero-order chi connectivity index (χ0) is 10.4. The van der Waals surface area contributed by atoms with Gasteiger partial charge in [0.05, 0.1) is 0 Å². The third-order valence-electron chi connectivity index (χ3n) is 2.93. The predicted octanol–water partition coefficient (Wildman–Crippen LogP) is 1.81. The van der Waals surface area contributed by atoms with Crippen LogP contribution in [0.2, 0.25) is 0 Å². The normalized spacial score (nSPS) is 27.2. The Morgan fingerprint density at radius 3 is 3.07 bits per heavy atom. The van der Waals surface area contributed by atoms with E-state index in [-0.39, 0.29) is 0 Å². The number of thioether (sulfide) groups is 1. The standard InChI is InChI=1S/C11H24N2S/c1-10-9-13(7-4-6-12-10)8-5-11(2)14-3/h10-12H,4-9H2,1-3H3. The Morgan fingerprint density at radius 1 is 1.57 bits per heavy atom. The average Bonchev–Trinajstić information content (AvgIpc) is 2.39. The highest BCUT2D eigenvalue weighted by Crippen LogP contribution is 2.11. The van der Waals surface area contributed by atoms with E-state index in [1.807, 2.05) is 11.8 Å². The monoisotopic (exact) mass is 216 g/mol. The van der Waals surface area contributed by atoms with Crippen molar-refractivity contribution in [3.63, 3.8) is 0 Å². The zero-order valence-corrected chi connectivity index (χ0v) is 10.6. The Hall–Kier alpha value is 0.270. The third-order valence-corrected chi connectivity index (χ3v) is 3.97. The fraction of sp³-hybridized carbons (Fsp3) is 1.00. The van der Waals surface area contributed by atoms with Crippen LogP contribution < -0.4 is 5.32 Å². The molecule has 0 spiro atoms. The largest absolute Gasteiger partial charge is 0.313 e. The molecule has 0 radical (unpaired) electrons. The van der Waals surface area contributed by atoms with Crippen molar-refractivity contribution < 1.29 is 0 Å². The quantitative estimate of drug-likeness (QED) is 0.771. The van der Waals surface area contributed by atoms with Crippen molar-refractivity contribution >= 4 is 11.8 Å². The van der Waals surface area contributed by atoms with Crippen LogP contribution in [0.3, 0.4) is 0 Å². The van der Waals surface area contributed by atoms with E-state index in [2.05, 4.69) is 30.3 Å². The van der Waals surface area contributed by atoms with Crippen LogP contribution in [0.4, 0.5) is 0 Å². The molecule has 0 aliphatic carbocycles. The van der Waals surface area contributed by atoms with Crippen molar-refractivity contribution in [1.82, 2.24) is 10.2 Å². The van der Waals surface area contributed by atoms with Crippen molar-refractivity contribution in [2.45, 2.75) is 38.0 Å². The van der Waals surface area contributed by atoms with E-state index in [9.17, 15) is 0 Å². The van der Waals surface area contributed by atoms with Gasteiger partial charge in [0.1, 0.15) is 0 Å². The van der Waals surface area contributed by atoms with E-state index >= 15 is 0 Å². The van der Waals surface area contributed by atoms with Crippen LogP contribution >= 0.6 is 11.8 Å². The van der Waals surface area contributed by atoms with Crippen LogP contribution in [0.1, 0.15) is 26.7 Å². The SMILES string of the molecule is CSC(C)CCN1CCCNC(C)C1. The fourth-order valence-electron chi connectivity index (χ4n) is 1.88. The lowest BCUT2D eigenvalue weighted by molar-refractivity contribution is 0.270. The first kappa shape index (κ1) is 12.3. The van der Waals surface area contributed by atoms with Crippen molar-refractivity contribution in [3.05, 3.63) is 0 Å². The molecule has 1 fully saturated rings. The van der Waals surface area contributed by atoms with Gasteiger partial charge in [0.2, 0.25) is 0 Å². The van der Waals surface area contributed by atoms with Gasteiger partial charge in [-0.25, -0.2) is 0 Å². The Kier molecular flexibility index (Phi) is 5.90. The van der Waals surface area contributed by atoms with Crippen LogP contribution in [-0.4, -0.2) is 48.6 Å². The molecule has 1 rings (SSSR count). The molecule has 0 amide bonds. The molecule has 14 heavy (non-hydrogen) atoms. The molecule has 0 aromatic carbocycles. The third kappa shape index (κ3) is 4.67. The van der Waals surface area contributed by atoms with E-state index in [1.54, 1.807) is 0 Å². The van der Waals surface area contributed by atoms with Gasteiger partial charge in [0.25, 0.3) is 0 Å². The summed E-state index contributed by atoms with van der Waals surface area (Å²) in [5.41, 5.74) is 0. The molecule has 2 nitrogen and oxygen atoms in total. The Bertz CT molecular complexity index is 152. The summed E-state index contributed by atoms with van der Waals surface area (Å²) >= 11 is 1.98. The van der Waals surface area contributed by atoms with Crippen LogP contribution in [0.15, 0.2) is 0 Å². The number of nitrogens with one attached hydrogen (secondary N) is 1. The second-order valence-electron chi connectivity index (χ2n) is 4.34. The van der Waals surface area contributed by atoms with Gasteiger partial charge >= 0.3 is 0 Å². The minimum atomic E-state index is 0.669. The number of hydrogen-bond donors (Lipinski definition) is 1. The molecule has 0 aromatic heterocycles. The zero-order valence-electron chi connectivity index (χ0n) is 9.75. The lowest BCUT2D eigenvalue weighted by Crippen LogP contribution is -2.36. The molecule has 2 atom stereocenters. The number of nitrogens with zero attached hydrogens (tertiary/aromatic N) is 1. The Labute approximate surface area is 92.8 Å². The highest BCUT2D eigenvalue weighted by molar-refractivity contribution is 7.99. The lowest BCUT2D eigenvalue weighted by atomic mass is 10.2. The van der Waals surface area contributed by atoms with Gasteiger partial charge in [0, 0.05) is 17.8 Å². The molecule has 0 bridgehead atoms. The maximum absolute atomic E-state index is 3.53. The minimum absolute atomic E-state index is 0.669. The second-order valence-corrected chi connectivity index (χ2v) is 5.62. The van der Waals surface area contributed by atoms with E-state index < -0.39 is 0 Å². The van der Waals surface area contributed by atoms with Gasteiger partial charge in [-0.3, -0.25) is 0 Å². The van der Waals surface area contributed by atoms with E-state index in [0.29, 0.717) is 6.04 Å². The topological polar surface area (TPSA) is 15.3 Å². The van der Waals surface area contributed by atoms with Crippen molar-refractivity contribution in [2.24, 2.45) is 0 Å². The van der Waals surface area contributed by atoms with Crippen molar-refractivity contribution in [3.8, 4) is 0 Å². The van der Waals surface area contributed by atoms with Crippen molar-refractivity contribution in [1.29, 1.82) is 0 Å². The molecule has 2 unspecified atom stereocenters. The van der Waals surface area contributed by atoms with Gasteiger partial charge in [-0.1, -0.05) is 6.92 Å². The molecule has 1 N–H and O–H groups in total. The highest BCUT2D eigenvalue weighted by Gasteiger charge is 2.14. The van der Waals surface area contributed by atoms with Gasteiger partial charge in [-0.2, -0.15) is 11.8 Å². The van der Waals surface area contributed by atoms with E-state index in [4.69, 9.17) is 0 Å². The molecule has 1 heterocycles. The molecular formula is C11H24N2S. The molecule has 84 valence electrons. The Morgan fingerprint density at radius 2 is 2.36 bits per heavy atom. The van der Waals surface area contributed by atoms with Crippen LogP contribution in [0.25, 0.3) is 0 Å². The van der Waals surface area contributed by atoms with Crippen LogP contribution in [-0.2, 0) is 0 Å². The van der Waals surface area contributed by atoms with Crippen LogP contribution in [0.5, 0.6) is 0 Å². The lowest BCUT2D eigenvalue weighted by Gasteiger charge is -2.23. The summed E-state index contributed by atoms with van der Waals surface area (Å²) in [6.07, 6.45) is 4.84. The fourth-order valence-corrected chi connectivity index (χ4v) is 2.22. The van der Waals surface area contributed by atoms with Crippen LogP contribution in [0, 0.1) is 0 Å². The average molecular weight is 216 g/mol. The summed E-state index contributed by atoms with van der Waals surface area (Å²) in [5.74, 6) is 0. The summed E-state index contributed by atoms with van der Waals surface area (Å²) in [6, 6.07) is 0.669. The van der Waals surface area contributed by atoms with Gasteiger partial charge in [-0.15, -0.1) is 0 Å². The number of hydrogen-bond acceptors (Lipinski definition) is 3. The molecule has 1 aliphatic heterocycles. The van der Waals surface area contributed by atoms with Gasteiger partial charge in [-0.05, 0) is 45.7 Å². The summed E-state index contributed by atoms with van der Waals surface area (Å²) in [7, 11) is 0. The first-order chi connectivity index (χ1) is 6.72. The number of rotatable bonds is 4. The summed E-state index contributed by atoms with van der Waals surface area (Å²) in [6.45, 7) is 9.57. The van der Waals surface area contributed by atoms with Gasteiger partial charge < -0.3 is 10.2 Å². The predicted molar refractivity (Wildman–Crippen MR) is 66.1 cm³/mol. The maximum atomic E-state index is 3.53. The summed E-state index contributed by atoms with van der Waals surface area (Å²) < 4.78 is 0. The molecule has 1 saturated heterocycles.